The standard InChI is InChI=1S/C12H14N2.ClH/c13-9-10-1-3-11(4-2-10)12-5-7-14-8-6-12;/h1-4,12,14H,5-8H2;1H. The summed E-state index contributed by atoms with van der Waals surface area (Å²) < 4.78 is 0. The van der Waals surface area contributed by atoms with Gasteiger partial charge in [0, 0.05) is 0 Å². The van der Waals surface area contributed by atoms with Gasteiger partial charge in [-0.1, -0.05) is 12.1 Å². The molecule has 0 aliphatic carbocycles. The first kappa shape index (κ1) is 12.0. The molecule has 2 rings (SSSR count). The van der Waals surface area contributed by atoms with E-state index in [2.05, 4.69) is 23.5 Å². The van der Waals surface area contributed by atoms with Crippen molar-refractivity contribution < 1.29 is 0 Å². The zero-order valence-corrected chi connectivity index (χ0v) is 9.39. The van der Waals surface area contributed by atoms with Gasteiger partial charge in [0.15, 0.2) is 0 Å². The molecule has 0 unspecified atom stereocenters. The summed E-state index contributed by atoms with van der Waals surface area (Å²) in [6.45, 7) is 2.23. The molecular formula is C12H15ClN2. The van der Waals surface area contributed by atoms with E-state index in [1.807, 2.05) is 12.1 Å². The van der Waals surface area contributed by atoms with E-state index in [-0.39, 0.29) is 12.4 Å². The molecule has 0 amide bonds. The normalized spacial score (nSPS) is 16.5. The van der Waals surface area contributed by atoms with Gasteiger partial charge in [0.05, 0.1) is 11.6 Å². The van der Waals surface area contributed by atoms with E-state index < -0.39 is 0 Å². The third-order valence-electron chi connectivity index (χ3n) is 2.85. The number of halogens is 1. The molecular weight excluding hydrogens is 208 g/mol. The summed E-state index contributed by atoms with van der Waals surface area (Å²) in [5, 5.41) is 12.0. The first-order valence-electron chi connectivity index (χ1n) is 5.11. The number of hydrogen-bond donors (Lipinski definition) is 1. The molecule has 0 saturated carbocycles. The molecule has 1 aromatic carbocycles. The van der Waals surface area contributed by atoms with Crippen molar-refractivity contribution in [2.45, 2.75) is 18.8 Å². The molecule has 1 aliphatic heterocycles. The quantitative estimate of drug-likeness (QED) is 0.793. The SMILES string of the molecule is Cl.N#Cc1ccc(C2CCNCC2)cc1. The third kappa shape index (κ3) is 2.95. The zero-order chi connectivity index (χ0) is 9.80. The minimum Gasteiger partial charge on any atom is -0.317 e. The second-order valence-electron chi connectivity index (χ2n) is 3.76. The topological polar surface area (TPSA) is 35.8 Å². The van der Waals surface area contributed by atoms with E-state index in [1.54, 1.807) is 0 Å². The van der Waals surface area contributed by atoms with Crippen LogP contribution in [-0.2, 0) is 0 Å². The smallest absolute Gasteiger partial charge is 0.0991 e. The predicted molar refractivity (Wildman–Crippen MR) is 63.2 cm³/mol. The third-order valence-corrected chi connectivity index (χ3v) is 2.85. The molecule has 1 heterocycles. The lowest BCUT2D eigenvalue weighted by Crippen LogP contribution is -2.26. The summed E-state index contributed by atoms with van der Waals surface area (Å²) in [6, 6.07) is 10.2. The predicted octanol–water partition coefficient (Wildman–Crippen LogP) is 2.45. The van der Waals surface area contributed by atoms with Gasteiger partial charge in [0.1, 0.15) is 0 Å². The molecule has 1 N–H and O–H groups in total. The van der Waals surface area contributed by atoms with E-state index >= 15 is 0 Å². The number of nitriles is 1. The van der Waals surface area contributed by atoms with Crippen molar-refractivity contribution in [2.24, 2.45) is 0 Å². The molecule has 15 heavy (non-hydrogen) atoms. The van der Waals surface area contributed by atoms with Crippen LogP contribution in [0.25, 0.3) is 0 Å². The average Bonchev–Trinajstić information content (AvgIpc) is 2.30. The van der Waals surface area contributed by atoms with Crippen LogP contribution in [0.3, 0.4) is 0 Å². The lowest BCUT2D eigenvalue weighted by Gasteiger charge is -2.22. The van der Waals surface area contributed by atoms with Crippen LogP contribution in [0.1, 0.15) is 29.9 Å². The fourth-order valence-electron chi connectivity index (χ4n) is 1.99. The molecule has 3 heteroatoms. The Kier molecular flexibility index (Phi) is 4.61. The number of nitrogens with one attached hydrogen (secondary N) is 1. The van der Waals surface area contributed by atoms with Crippen molar-refractivity contribution in [2.75, 3.05) is 13.1 Å². The second-order valence-corrected chi connectivity index (χ2v) is 3.76. The molecule has 80 valence electrons. The van der Waals surface area contributed by atoms with Gasteiger partial charge in [-0.2, -0.15) is 5.26 Å². The maximum atomic E-state index is 8.68. The second kappa shape index (κ2) is 5.75. The van der Waals surface area contributed by atoms with Crippen LogP contribution in [0.4, 0.5) is 0 Å². The summed E-state index contributed by atoms with van der Waals surface area (Å²) in [6.07, 6.45) is 2.43. The zero-order valence-electron chi connectivity index (χ0n) is 8.57. The Balaban J connectivity index is 0.00000112. The summed E-state index contributed by atoms with van der Waals surface area (Å²) in [5.74, 6) is 0.684. The highest BCUT2D eigenvalue weighted by molar-refractivity contribution is 5.85. The Morgan fingerprint density at radius 2 is 1.73 bits per heavy atom. The minimum absolute atomic E-state index is 0. The molecule has 1 aliphatic rings. The summed E-state index contributed by atoms with van der Waals surface area (Å²) >= 11 is 0. The molecule has 0 atom stereocenters. The van der Waals surface area contributed by atoms with Crippen molar-refractivity contribution in [3.05, 3.63) is 35.4 Å². The molecule has 0 bridgehead atoms. The molecule has 0 spiro atoms. The number of hydrogen-bond acceptors (Lipinski definition) is 2. The molecule has 1 aromatic rings. The van der Waals surface area contributed by atoms with Gasteiger partial charge in [0.2, 0.25) is 0 Å². The fourth-order valence-corrected chi connectivity index (χ4v) is 1.99. The van der Waals surface area contributed by atoms with Crippen molar-refractivity contribution >= 4 is 12.4 Å². The van der Waals surface area contributed by atoms with Gasteiger partial charge in [-0.05, 0) is 49.5 Å². The van der Waals surface area contributed by atoms with Gasteiger partial charge in [-0.3, -0.25) is 0 Å². The van der Waals surface area contributed by atoms with Gasteiger partial charge in [-0.15, -0.1) is 12.4 Å². The number of rotatable bonds is 1. The molecule has 2 nitrogen and oxygen atoms in total. The minimum atomic E-state index is 0. The summed E-state index contributed by atoms with van der Waals surface area (Å²) in [4.78, 5) is 0. The largest absolute Gasteiger partial charge is 0.317 e. The van der Waals surface area contributed by atoms with E-state index in [0.717, 1.165) is 18.7 Å². The van der Waals surface area contributed by atoms with Crippen molar-refractivity contribution in [3.8, 4) is 6.07 Å². The van der Waals surface area contributed by atoms with E-state index in [9.17, 15) is 0 Å². The van der Waals surface area contributed by atoms with Gasteiger partial charge >= 0.3 is 0 Å². The van der Waals surface area contributed by atoms with Crippen LogP contribution < -0.4 is 5.32 Å². The maximum Gasteiger partial charge on any atom is 0.0991 e. The number of benzene rings is 1. The maximum absolute atomic E-state index is 8.68. The first-order chi connectivity index (χ1) is 6.90. The highest BCUT2D eigenvalue weighted by Gasteiger charge is 2.14. The van der Waals surface area contributed by atoms with Crippen LogP contribution in [0, 0.1) is 11.3 Å². The summed E-state index contributed by atoms with van der Waals surface area (Å²) in [7, 11) is 0. The lowest BCUT2D eigenvalue weighted by molar-refractivity contribution is 0.460. The van der Waals surface area contributed by atoms with Crippen LogP contribution in [0.15, 0.2) is 24.3 Å². The van der Waals surface area contributed by atoms with E-state index in [0.29, 0.717) is 5.92 Å². The van der Waals surface area contributed by atoms with E-state index in [1.165, 1.54) is 18.4 Å². The molecule has 1 fully saturated rings. The lowest BCUT2D eigenvalue weighted by atomic mass is 9.90. The Morgan fingerprint density at radius 3 is 2.27 bits per heavy atom. The van der Waals surface area contributed by atoms with Crippen molar-refractivity contribution in [3.63, 3.8) is 0 Å². The van der Waals surface area contributed by atoms with Gasteiger partial charge in [0.25, 0.3) is 0 Å². The Bertz CT molecular complexity index is 334. The van der Waals surface area contributed by atoms with Gasteiger partial charge < -0.3 is 5.32 Å². The first-order valence-corrected chi connectivity index (χ1v) is 5.11. The van der Waals surface area contributed by atoms with Crippen LogP contribution in [0.2, 0.25) is 0 Å². The van der Waals surface area contributed by atoms with E-state index in [4.69, 9.17) is 5.26 Å². The average molecular weight is 223 g/mol. The molecule has 0 aromatic heterocycles. The summed E-state index contributed by atoms with van der Waals surface area (Å²) in [5.41, 5.74) is 2.13. The molecule has 1 saturated heterocycles. The van der Waals surface area contributed by atoms with Gasteiger partial charge in [-0.25, -0.2) is 0 Å². The highest BCUT2D eigenvalue weighted by Crippen LogP contribution is 2.24. The van der Waals surface area contributed by atoms with Crippen LogP contribution in [0.5, 0.6) is 0 Å². The fraction of sp³-hybridized carbons (Fsp3) is 0.417. The number of nitrogens with zero attached hydrogens (tertiary/aromatic N) is 1. The highest BCUT2D eigenvalue weighted by atomic mass is 35.5. The van der Waals surface area contributed by atoms with Crippen LogP contribution in [-0.4, -0.2) is 13.1 Å². The Morgan fingerprint density at radius 1 is 1.13 bits per heavy atom. The molecule has 0 radical (unpaired) electrons. The van der Waals surface area contributed by atoms with Crippen molar-refractivity contribution in [1.29, 1.82) is 5.26 Å². The number of piperidine rings is 1. The Labute approximate surface area is 96.7 Å². The monoisotopic (exact) mass is 222 g/mol. The van der Waals surface area contributed by atoms with Crippen LogP contribution >= 0.6 is 12.4 Å². The van der Waals surface area contributed by atoms with Crippen molar-refractivity contribution in [1.82, 2.24) is 5.32 Å². The Hall–Kier alpha value is -1.04.